The largest absolute Gasteiger partial charge is 0.490 e. The quantitative estimate of drug-likeness (QED) is 0.648. The number of rotatable bonds is 5. The van der Waals surface area contributed by atoms with E-state index in [4.69, 9.17) is 9.47 Å². The average molecular weight is 437 g/mol. The first kappa shape index (κ1) is 20.0. The van der Waals surface area contributed by atoms with Crippen LogP contribution in [0, 0.1) is 11.8 Å². The van der Waals surface area contributed by atoms with Gasteiger partial charge in [-0.1, -0.05) is 31.7 Å². The maximum absolute atomic E-state index is 13.7. The van der Waals surface area contributed by atoms with E-state index in [9.17, 15) is 9.59 Å². The number of Topliss-reactive ketones (excluding diaryl/α,β-unsaturated/α-hetero) is 1. The van der Waals surface area contributed by atoms with Crippen LogP contribution in [0.25, 0.3) is 0 Å². The Morgan fingerprint density at radius 2 is 2.23 bits per heavy atom. The van der Waals surface area contributed by atoms with Crippen molar-refractivity contribution in [3.63, 3.8) is 0 Å². The molecule has 31 heavy (non-hydrogen) atoms. The van der Waals surface area contributed by atoms with E-state index in [1.54, 1.807) is 17.2 Å². The maximum atomic E-state index is 13.7. The summed E-state index contributed by atoms with van der Waals surface area (Å²) in [6, 6.07) is 6.94. The fraction of sp³-hybridized carbons (Fsp3) is 0.375. The molecule has 1 saturated carbocycles. The molecule has 0 N–H and O–H groups in total. The number of anilines is 1. The first-order chi connectivity index (χ1) is 15.1. The van der Waals surface area contributed by atoms with Crippen LogP contribution in [0.2, 0.25) is 0 Å². The van der Waals surface area contributed by atoms with Gasteiger partial charge < -0.3 is 9.47 Å². The zero-order valence-electron chi connectivity index (χ0n) is 17.3. The zero-order chi connectivity index (χ0) is 21.5. The number of carbonyl (C=O) groups is 2. The lowest BCUT2D eigenvalue weighted by molar-refractivity contribution is -0.132. The highest BCUT2D eigenvalue weighted by molar-refractivity contribution is 7.13. The van der Waals surface area contributed by atoms with Crippen molar-refractivity contribution in [1.29, 1.82) is 0 Å². The molecule has 0 radical (unpaired) electrons. The number of carbonyl (C=O) groups excluding carboxylic acids is 2. The molecule has 7 heteroatoms. The average Bonchev–Trinajstić information content (AvgIpc) is 3.40. The highest BCUT2D eigenvalue weighted by atomic mass is 32.1. The van der Waals surface area contributed by atoms with Crippen LogP contribution >= 0.6 is 11.3 Å². The SMILES string of the molecule is C=CCOc1cccc(C2C3=C(OC4CCC(C)CC4C3=O)C(=O)N2c2nccs2)c1. The smallest absolute Gasteiger partial charge is 0.296 e. The summed E-state index contributed by atoms with van der Waals surface area (Å²) < 4.78 is 11.9. The minimum Gasteiger partial charge on any atom is -0.490 e. The molecule has 5 rings (SSSR count). The van der Waals surface area contributed by atoms with Crippen molar-refractivity contribution in [1.82, 2.24) is 4.98 Å². The third kappa shape index (κ3) is 3.37. The summed E-state index contributed by atoms with van der Waals surface area (Å²) in [5.41, 5.74) is 1.26. The number of hydrogen-bond acceptors (Lipinski definition) is 6. The molecule has 0 spiro atoms. The van der Waals surface area contributed by atoms with Crippen LogP contribution in [0.5, 0.6) is 5.75 Å². The molecule has 6 nitrogen and oxygen atoms in total. The number of benzene rings is 1. The molecule has 0 bridgehead atoms. The lowest BCUT2D eigenvalue weighted by Crippen LogP contribution is -2.41. The Labute approximate surface area is 185 Å². The fourth-order valence-corrected chi connectivity index (χ4v) is 5.52. The standard InChI is InChI=1S/C24H24N2O4S/c1-3-10-29-16-6-4-5-15(13-16)20-19-21(27)17-12-14(2)7-8-18(17)30-22(19)23(28)26(20)24-25-9-11-31-24/h3-6,9,11,13-14,17-18,20H,1,7-8,10,12H2,2H3. The molecule has 160 valence electrons. The molecule has 4 atom stereocenters. The molecule has 3 aliphatic rings. The third-order valence-corrected chi connectivity index (χ3v) is 7.05. The van der Waals surface area contributed by atoms with Gasteiger partial charge in [0.15, 0.2) is 16.7 Å². The highest BCUT2D eigenvalue weighted by Crippen LogP contribution is 2.49. The number of nitrogens with zero attached hydrogens (tertiary/aromatic N) is 2. The Balaban J connectivity index is 1.61. The van der Waals surface area contributed by atoms with Crippen LogP contribution in [0.3, 0.4) is 0 Å². The fourth-order valence-electron chi connectivity index (χ4n) is 4.85. The summed E-state index contributed by atoms with van der Waals surface area (Å²) in [7, 11) is 0. The molecule has 1 amide bonds. The Kier molecular flexibility index (Phi) is 5.14. The van der Waals surface area contributed by atoms with Crippen LogP contribution in [0.4, 0.5) is 5.13 Å². The van der Waals surface area contributed by atoms with E-state index in [2.05, 4.69) is 18.5 Å². The molecule has 0 saturated heterocycles. The van der Waals surface area contributed by atoms with Gasteiger partial charge in [0.05, 0.1) is 17.5 Å². The lowest BCUT2D eigenvalue weighted by Gasteiger charge is -2.37. The number of fused-ring (bicyclic) bond motifs is 1. The normalized spacial score (nSPS) is 27.6. The Bertz CT molecular complexity index is 1060. The Morgan fingerprint density at radius 3 is 3.00 bits per heavy atom. The van der Waals surface area contributed by atoms with Crippen molar-refractivity contribution in [3.05, 3.63) is 65.4 Å². The minimum absolute atomic E-state index is 0.0348. The second-order valence-corrected chi connectivity index (χ2v) is 9.23. The van der Waals surface area contributed by atoms with Crippen LogP contribution in [0.1, 0.15) is 37.8 Å². The third-order valence-electron chi connectivity index (χ3n) is 6.28. The van der Waals surface area contributed by atoms with Gasteiger partial charge in [-0.25, -0.2) is 4.98 Å². The van der Waals surface area contributed by atoms with E-state index < -0.39 is 6.04 Å². The number of ether oxygens (including phenoxy) is 2. The van der Waals surface area contributed by atoms with E-state index in [0.29, 0.717) is 29.0 Å². The first-order valence-electron chi connectivity index (χ1n) is 10.6. The summed E-state index contributed by atoms with van der Waals surface area (Å²) in [6.45, 7) is 6.24. The monoisotopic (exact) mass is 436 g/mol. The van der Waals surface area contributed by atoms with Gasteiger partial charge in [0.1, 0.15) is 18.5 Å². The number of aromatic nitrogens is 1. The first-order valence-corrected chi connectivity index (χ1v) is 11.5. The van der Waals surface area contributed by atoms with Gasteiger partial charge in [-0.05, 0) is 42.9 Å². The van der Waals surface area contributed by atoms with E-state index >= 15 is 0 Å². The lowest BCUT2D eigenvalue weighted by atomic mass is 9.74. The number of thiazole rings is 1. The maximum Gasteiger partial charge on any atom is 0.296 e. The molecule has 3 heterocycles. The number of ketones is 1. The van der Waals surface area contributed by atoms with E-state index in [0.717, 1.165) is 24.8 Å². The van der Waals surface area contributed by atoms with Gasteiger partial charge in [0, 0.05) is 11.6 Å². The minimum atomic E-state index is -0.577. The van der Waals surface area contributed by atoms with Crippen LogP contribution in [0.15, 0.2) is 59.8 Å². The Hall–Kier alpha value is -2.93. The van der Waals surface area contributed by atoms with E-state index in [1.165, 1.54) is 11.3 Å². The molecule has 2 aliphatic heterocycles. The summed E-state index contributed by atoms with van der Waals surface area (Å²) in [4.78, 5) is 33.2. The summed E-state index contributed by atoms with van der Waals surface area (Å²) >= 11 is 1.37. The molecule has 1 aliphatic carbocycles. The molecular formula is C24H24N2O4S. The zero-order valence-corrected chi connectivity index (χ0v) is 18.1. The van der Waals surface area contributed by atoms with Gasteiger partial charge in [-0.3, -0.25) is 14.5 Å². The molecular weight excluding hydrogens is 412 g/mol. The van der Waals surface area contributed by atoms with E-state index in [1.807, 2.05) is 29.6 Å². The van der Waals surface area contributed by atoms with Crippen molar-refractivity contribution in [2.45, 2.75) is 38.3 Å². The van der Waals surface area contributed by atoms with Gasteiger partial charge >= 0.3 is 0 Å². The summed E-state index contributed by atoms with van der Waals surface area (Å²) in [5.74, 6) is 0.863. The second-order valence-electron chi connectivity index (χ2n) is 8.35. The van der Waals surface area contributed by atoms with Crippen LogP contribution in [-0.4, -0.2) is 29.4 Å². The summed E-state index contributed by atoms with van der Waals surface area (Å²) in [6.07, 6.45) is 5.72. The second kappa shape index (κ2) is 7.96. The predicted octanol–water partition coefficient (Wildman–Crippen LogP) is 4.45. The Morgan fingerprint density at radius 1 is 1.35 bits per heavy atom. The molecule has 1 aromatic heterocycles. The molecule has 2 aromatic rings. The molecule has 4 unspecified atom stereocenters. The van der Waals surface area contributed by atoms with Gasteiger partial charge in [-0.15, -0.1) is 11.3 Å². The van der Waals surface area contributed by atoms with Crippen molar-refractivity contribution in [2.75, 3.05) is 11.5 Å². The van der Waals surface area contributed by atoms with Gasteiger partial charge in [-0.2, -0.15) is 0 Å². The topological polar surface area (TPSA) is 68.7 Å². The van der Waals surface area contributed by atoms with Crippen molar-refractivity contribution in [2.24, 2.45) is 11.8 Å². The van der Waals surface area contributed by atoms with Crippen LogP contribution < -0.4 is 9.64 Å². The predicted molar refractivity (Wildman–Crippen MR) is 118 cm³/mol. The number of amides is 1. The number of hydrogen-bond donors (Lipinski definition) is 0. The van der Waals surface area contributed by atoms with Crippen molar-refractivity contribution < 1.29 is 19.1 Å². The van der Waals surface area contributed by atoms with E-state index in [-0.39, 0.29) is 29.5 Å². The van der Waals surface area contributed by atoms with Crippen LogP contribution in [-0.2, 0) is 14.3 Å². The highest BCUT2D eigenvalue weighted by Gasteiger charge is 2.53. The van der Waals surface area contributed by atoms with Gasteiger partial charge in [0.25, 0.3) is 5.91 Å². The summed E-state index contributed by atoms with van der Waals surface area (Å²) in [5, 5.41) is 2.37. The molecule has 1 aromatic carbocycles. The molecule has 1 fully saturated rings. The van der Waals surface area contributed by atoms with Gasteiger partial charge in [0.2, 0.25) is 0 Å². The van der Waals surface area contributed by atoms with Crippen molar-refractivity contribution >= 4 is 28.2 Å². The van der Waals surface area contributed by atoms with Crippen molar-refractivity contribution in [3.8, 4) is 5.75 Å².